The molecule has 1 aromatic rings. The maximum absolute atomic E-state index is 10.0. The second-order valence-electron chi connectivity index (χ2n) is 5.99. The van der Waals surface area contributed by atoms with Crippen molar-refractivity contribution in [3.05, 3.63) is 28.2 Å². The molecular weight excluding hydrogens is 316 g/mol. The number of phenols is 1. The zero-order valence-electron chi connectivity index (χ0n) is 12.4. The average molecular weight is 341 g/mol. The first-order valence-electron chi connectivity index (χ1n) is 7.48. The van der Waals surface area contributed by atoms with E-state index in [2.05, 4.69) is 40.0 Å². The minimum Gasteiger partial charge on any atom is -0.508 e. The van der Waals surface area contributed by atoms with Gasteiger partial charge in [-0.15, -0.1) is 0 Å². The minimum atomic E-state index is 0.393. The van der Waals surface area contributed by atoms with Crippen molar-refractivity contribution >= 4 is 15.9 Å². The summed E-state index contributed by atoms with van der Waals surface area (Å²) in [5, 5.41) is 13.4. The van der Waals surface area contributed by atoms with Crippen LogP contribution < -0.4 is 5.32 Å². The van der Waals surface area contributed by atoms with Crippen LogP contribution in [0, 0.1) is 5.92 Å². The molecule has 1 aliphatic heterocycles. The van der Waals surface area contributed by atoms with Gasteiger partial charge in [0.2, 0.25) is 0 Å². The van der Waals surface area contributed by atoms with Crippen LogP contribution in [0.15, 0.2) is 22.7 Å². The summed E-state index contributed by atoms with van der Waals surface area (Å²) in [5.41, 5.74) is 1.00. The Bertz CT molecular complexity index is 430. The quantitative estimate of drug-likeness (QED) is 0.862. The highest BCUT2D eigenvalue weighted by molar-refractivity contribution is 9.10. The molecule has 1 aliphatic rings. The Hall–Kier alpha value is -0.580. The highest BCUT2D eigenvalue weighted by Gasteiger charge is 2.20. The summed E-state index contributed by atoms with van der Waals surface area (Å²) in [4.78, 5) is 2.47. The lowest BCUT2D eigenvalue weighted by molar-refractivity contribution is 0.160. The van der Waals surface area contributed by atoms with Crippen LogP contribution in [0.5, 0.6) is 5.75 Å². The van der Waals surface area contributed by atoms with Gasteiger partial charge in [-0.2, -0.15) is 0 Å². The summed E-state index contributed by atoms with van der Waals surface area (Å²) in [5.74, 6) is 1.16. The fourth-order valence-electron chi connectivity index (χ4n) is 2.75. The molecule has 1 fully saturated rings. The Kier molecular flexibility index (Phi) is 5.87. The molecule has 0 saturated carbocycles. The molecule has 3 nitrogen and oxygen atoms in total. The van der Waals surface area contributed by atoms with Gasteiger partial charge in [-0.25, -0.2) is 0 Å². The van der Waals surface area contributed by atoms with Gasteiger partial charge in [0.25, 0.3) is 0 Å². The molecule has 0 bridgehead atoms. The molecule has 1 heterocycles. The zero-order valence-corrected chi connectivity index (χ0v) is 14.0. The van der Waals surface area contributed by atoms with E-state index in [0.717, 1.165) is 42.1 Å². The Morgan fingerprint density at radius 1 is 1.35 bits per heavy atom. The van der Waals surface area contributed by atoms with Gasteiger partial charge in [0.15, 0.2) is 0 Å². The van der Waals surface area contributed by atoms with Crippen molar-refractivity contribution in [3.63, 3.8) is 0 Å². The average Bonchev–Trinajstić information content (AvgIpc) is 2.43. The third kappa shape index (κ3) is 4.47. The number of phenolic OH excluding ortho intramolecular Hbond substituents is 1. The number of hydrogen-bond acceptors (Lipinski definition) is 3. The lowest BCUT2D eigenvalue weighted by Crippen LogP contribution is -2.39. The topological polar surface area (TPSA) is 35.5 Å². The fraction of sp³-hybridized carbons (Fsp3) is 0.625. The summed E-state index contributed by atoms with van der Waals surface area (Å²) in [7, 11) is 0. The van der Waals surface area contributed by atoms with E-state index in [9.17, 15) is 5.11 Å². The third-order valence-corrected chi connectivity index (χ3v) is 4.59. The normalized spacial score (nSPS) is 17.1. The fourth-order valence-corrected chi connectivity index (χ4v) is 3.16. The van der Waals surface area contributed by atoms with Crippen LogP contribution in [0.1, 0.15) is 32.3 Å². The number of nitrogens with one attached hydrogen (secondary N) is 1. The Labute approximate surface area is 130 Å². The van der Waals surface area contributed by atoms with Crippen molar-refractivity contribution in [2.24, 2.45) is 5.92 Å². The van der Waals surface area contributed by atoms with E-state index in [1.54, 1.807) is 6.07 Å². The molecule has 2 N–H and O–H groups in total. The SMILES string of the molecule is CC(C)N(Cc1cc(Br)ccc1O)CC1CCNCC1. The van der Waals surface area contributed by atoms with E-state index >= 15 is 0 Å². The Balaban J connectivity index is 2.02. The number of hydrogen-bond donors (Lipinski definition) is 2. The van der Waals surface area contributed by atoms with Gasteiger partial charge in [0.1, 0.15) is 5.75 Å². The number of benzene rings is 1. The highest BCUT2D eigenvalue weighted by atomic mass is 79.9. The number of nitrogens with zero attached hydrogens (tertiary/aromatic N) is 1. The van der Waals surface area contributed by atoms with Crippen LogP contribution in [-0.2, 0) is 6.54 Å². The second kappa shape index (κ2) is 7.43. The molecule has 0 aliphatic carbocycles. The van der Waals surface area contributed by atoms with E-state index in [4.69, 9.17) is 0 Å². The van der Waals surface area contributed by atoms with Gasteiger partial charge in [0, 0.05) is 29.2 Å². The van der Waals surface area contributed by atoms with E-state index in [0.29, 0.717) is 11.8 Å². The molecule has 0 atom stereocenters. The predicted molar refractivity (Wildman–Crippen MR) is 86.9 cm³/mol. The number of aromatic hydroxyl groups is 1. The molecule has 0 aromatic heterocycles. The molecular formula is C16H25BrN2O. The van der Waals surface area contributed by atoms with Crippen molar-refractivity contribution in [2.75, 3.05) is 19.6 Å². The maximum Gasteiger partial charge on any atom is 0.120 e. The highest BCUT2D eigenvalue weighted by Crippen LogP contribution is 2.25. The molecule has 112 valence electrons. The van der Waals surface area contributed by atoms with E-state index in [-0.39, 0.29) is 0 Å². The first-order chi connectivity index (χ1) is 9.56. The summed E-state index contributed by atoms with van der Waals surface area (Å²) >= 11 is 3.48. The van der Waals surface area contributed by atoms with Crippen LogP contribution in [-0.4, -0.2) is 35.7 Å². The summed E-state index contributed by atoms with van der Waals surface area (Å²) in [6.45, 7) is 8.67. The molecule has 0 radical (unpaired) electrons. The third-order valence-electron chi connectivity index (χ3n) is 4.10. The van der Waals surface area contributed by atoms with Crippen LogP contribution in [0.2, 0.25) is 0 Å². The van der Waals surface area contributed by atoms with Crippen molar-refractivity contribution in [2.45, 2.75) is 39.3 Å². The van der Waals surface area contributed by atoms with Crippen LogP contribution in [0.4, 0.5) is 0 Å². The summed E-state index contributed by atoms with van der Waals surface area (Å²) in [6, 6.07) is 6.16. The standard InChI is InChI=1S/C16H25BrN2O/c1-12(2)19(10-13-5-7-18-8-6-13)11-14-9-15(17)3-4-16(14)20/h3-4,9,12-13,18,20H,5-8,10-11H2,1-2H3. The Morgan fingerprint density at radius 2 is 2.05 bits per heavy atom. The van der Waals surface area contributed by atoms with Gasteiger partial charge >= 0.3 is 0 Å². The number of halogens is 1. The van der Waals surface area contributed by atoms with Crippen molar-refractivity contribution in [3.8, 4) is 5.75 Å². The molecule has 2 rings (SSSR count). The van der Waals surface area contributed by atoms with Gasteiger partial charge < -0.3 is 10.4 Å². The Morgan fingerprint density at radius 3 is 2.70 bits per heavy atom. The molecule has 0 amide bonds. The molecule has 20 heavy (non-hydrogen) atoms. The predicted octanol–water partition coefficient (Wildman–Crippen LogP) is 3.36. The van der Waals surface area contributed by atoms with Gasteiger partial charge in [-0.05, 0) is 63.9 Å². The van der Waals surface area contributed by atoms with Gasteiger partial charge in [-0.1, -0.05) is 15.9 Å². The van der Waals surface area contributed by atoms with Crippen molar-refractivity contribution in [1.29, 1.82) is 0 Å². The molecule has 1 aromatic carbocycles. The lowest BCUT2D eigenvalue weighted by atomic mass is 9.96. The maximum atomic E-state index is 10.0. The lowest BCUT2D eigenvalue weighted by Gasteiger charge is -2.33. The van der Waals surface area contributed by atoms with Crippen LogP contribution in [0.3, 0.4) is 0 Å². The van der Waals surface area contributed by atoms with E-state index in [1.165, 1.54) is 12.8 Å². The van der Waals surface area contributed by atoms with E-state index in [1.807, 2.05) is 12.1 Å². The summed E-state index contributed by atoms with van der Waals surface area (Å²) < 4.78 is 1.02. The molecule has 0 spiro atoms. The molecule has 0 unspecified atom stereocenters. The smallest absolute Gasteiger partial charge is 0.120 e. The van der Waals surface area contributed by atoms with Crippen LogP contribution in [0.25, 0.3) is 0 Å². The van der Waals surface area contributed by atoms with Crippen molar-refractivity contribution in [1.82, 2.24) is 10.2 Å². The van der Waals surface area contributed by atoms with E-state index < -0.39 is 0 Å². The largest absolute Gasteiger partial charge is 0.508 e. The van der Waals surface area contributed by atoms with Crippen molar-refractivity contribution < 1.29 is 5.11 Å². The minimum absolute atomic E-state index is 0.393. The number of rotatable bonds is 5. The zero-order chi connectivity index (χ0) is 14.5. The van der Waals surface area contributed by atoms with Crippen LogP contribution >= 0.6 is 15.9 Å². The monoisotopic (exact) mass is 340 g/mol. The number of piperidine rings is 1. The molecule has 4 heteroatoms. The second-order valence-corrected chi connectivity index (χ2v) is 6.91. The summed E-state index contributed by atoms with van der Waals surface area (Å²) in [6.07, 6.45) is 2.52. The van der Waals surface area contributed by atoms with Gasteiger partial charge in [-0.3, -0.25) is 4.90 Å². The van der Waals surface area contributed by atoms with Gasteiger partial charge in [0.05, 0.1) is 0 Å². The first kappa shape index (κ1) is 15.8. The first-order valence-corrected chi connectivity index (χ1v) is 8.27. The molecule has 1 saturated heterocycles.